The largest absolute Gasteiger partial charge is 0.353 e. The lowest BCUT2D eigenvalue weighted by Crippen LogP contribution is -2.47. The van der Waals surface area contributed by atoms with Crippen molar-refractivity contribution < 1.29 is 0 Å². The fourth-order valence-corrected chi connectivity index (χ4v) is 3.06. The van der Waals surface area contributed by atoms with Gasteiger partial charge >= 0.3 is 0 Å². The van der Waals surface area contributed by atoms with E-state index >= 15 is 0 Å². The average Bonchev–Trinajstić information content (AvgIpc) is 2.75. The molecule has 128 valence electrons. The van der Waals surface area contributed by atoms with Crippen molar-refractivity contribution in [2.24, 2.45) is 0 Å². The van der Waals surface area contributed by atoms with Crippen LogP contribution in [0.2, 0.25) is 0 Å². The van der Waals surface area contributed by atoms with Crippen LogP contribution in [0.1, 0.15) is 5.56 Å². The van der Waals surface area contributed by atoms with E-state index in [-0.39, 0.29) is 0 Å². The molecule has 1 fully saturated rings. The first-order chi connectivity index (χ1) is 12.8. The van der Waals surface area contributed by atoms with Gasteiger partial charge in [0.15, 0.2) is 5.82 Å². The van der Waals surface area contributed by atoms with Crippen LogP contribution in [-0.2, 0) is 0 Å². The van der Waals surface area contributed by atoms with Crippen molar-refractivity contribution in [3.8, 4) is 17.3 Å². The Morgan fingerprint density at radius 2 is 1.46 bits per heavy atom. The van der Waals surface area contributed by atoms with Crippen molar-refractivity contribution in [1.29, 1.82) is 5.26 Å². The topological polar surface area (TPSA) is 68.9 Å². The minimum atomic E-state index is 0.584. The van der Waals surface area contributed by atoms with Crippen molar-refractivity contribution in [2.75, 3.05) is 36.0 Å². The van der Waals surface area contributed by atoms with Crippen molar-refractivity contribution in [2.45, 2.75) is 0 Å². The second-order valence-corrected chi connectivity index (χ2v) is 6.13. The zero-order chi connectivity index (χ0) is 17.8. The molecule has 26 heavy (non-hydrogen) atoms. The SMILES string of the molecule is N#Cc1ccc(N2CCN(c3ccc(-c4ccccc4)nn3)CC2)nc1. The highest BCUT2D eigenvalue weighted by Crippen LogP contribution is 2.20. The maximum atomic E-state index is 8.87. The molecule has 3 heterocycles. The second-order valence-electron chi connectivity index (χ2n) is 6.13. The van der Waals surface area contributed by atoms with Gasteiger partial charge < -0.3 is 9.80 Å². The van der Waals surface area contributed by atoms with Crippen LogP contribution in [0.4, 0.5) is 11.6 Å². The Hall–Kier alpha value is -3.46. The first-order valence-electron chi connectivity index (χ1n) is 8.59. The number of benzene rings is 1. The Balaban J connectivity index is 1.40. The molecule has 0 N–H and O–H groups in total. The van der Waals surface area contributed by atoms with Gasteiger partial charge in [-0.2, -0.15) is 5.26 Å². The normalized spacial score (nSPS) is 14.1. The molecule has 2 aromatic heterocycles. The summed E-state index contributed by atoms with van der Waals surface area (Å²) in [6, 6.07) is 19.9. The van der Waals surface area contributed by atoms with Gasteiger partial charge in [-0.15, -0.1) is 10.2 Å². The summed E-state index contributed by atoms with van der Waals surface area (Å²) in [6.07, 6.45) is 1.62. The first-order valence-corrected chi connectivity index (χ1v) is 8.59. The molecule has 0 saturated carbocycles. The number of aromatic nitrogens is 3. The van der Waals surface area contributed by atoms with E-state index in [1.807, 2.05) is 54.6 Å². The van der Waals surface area contributed by atoms with Gasteiger partial charge in [0, 0.05) is 37.9 Å². The van der Waals surface area contributed by atoms with E-state index < -0.39 is 0 Å². The predicted octanol–water partition coefficient (Wildman–Crippen LogP) is 2.74. The molecule has 1 saturated heterocycles. The van der Waals surface area contributed by atoms with E-state index in [2.05, 4.69) is 31.1 Å². The summed E-state index contributed by atoms with van der Waals surface area (Å²) >= 11 is 0. The summed E-state index contributed by atoms with van der Waals surface area (Å²) < 4.78 is 0. The highest BCUT2D eigenvalue weighted by atomic mass is 15.3. The summed E-state index contributed by atoms with van der Waals surface area (Å²) in [7, 11) is 0. The summed E-state index contributed by atoms with van der Waals surface area (Å²) in [5.74, 6) is 1.81. The average molecular weight is 342 g/mol. The predicted molar refractivity (Wildman–Crippen MR) is 101 cm³/mol. The van der Waals surface area contributed by atoms with Crippen LogP contribution in [0, 0.1) is 11.3 Å². The molecule has 1 aromatic carbocycles. The van der Waals surface area contributed by atoms with Gasteiger partial charge in [0.2, 0.25) is 0 Å². The number of nitriles is 1. The van der Waals surface area contributed by atoms with Crippen LogP contribution in [0.5, 0.6) is 0 Å². The molecule has 0 radical (unpaired) electrons. The fourth-order valence-electron chi connectivity index (χ4n) is 3.06. The van der Waals surface area contributed by atoms with E-state index in [1.54, 1.807) is 6.20 Å². The summed E-state index contributed by atoms with van der Waals surface area (Å²) in [4.78, 5) is 8.84. The third-order valence-electron chi connectivity index (χ3n) is 4.52. The highest BCUT2D eigenvalue weighted by Gasteiger charge is 2.19. The number of pyridine rings is 1. The molecular formula is C20H18N6. The standard InChI is InChI=1S/C20H18N6/c21-14-16-6-8-19(22-15-16)25-10-12-26(13-11-25)20-9-7-18(23-24-20)17-4-2-1-3-5-17/h1-9,15H,10-13H2. The number of hydrogen-bond donors (Lipinski definition) is 0. The van der Waals surface area contributed by atoms with Crippen LogP contribution >= 0.6 is 0 Å². The van der Waals surface area contributed by atoms with E-state index in [0.717, 1.165) is 49.1 Å². The molecule has 3 aromatic rings. The highest BCUT2D eigenvalue weighted by molar-refractivity contribution is 5.59. The maximum absolute atomic E-state index is 8.87. The zero-order valence-electron chi connectivity index (χ0n) is 14.3. The number of piperazine rings is 1. The quantitative estimate of drug-likeness (QED) is 0.729. The monoisotopic (exact) mass is 342 g/mol. The van der Waals surface area contributed by atoms with Crippen LogP contribution < -0.4 is 9.80 Å². The van der Waals surface area contributed by atoms with Crippen LogP contribution in [-0.4, -0.2) is 41.4 Å². The molecule has 0 amide bonds. The summed E-state index contributed by atoms with van der Waals surface area (Å²) in [5, 5.41) is 17.6. The second kappa shape index (κ2) is 7.19. The number of hydrogen-bond acceptors (Lipinski definition) is 6. The van der Waals surface area contributed by atoms with Crippen LogP contribution in [0.15, 0.2) is 60.8 Å². The minimum absolute atomic E-state index is 0.584. The molecule has 0 spiro atoms. The van der Waals surface area contributed by atoms with Crippen molar-refractivity contribution in [3.63, 3.8) is 0 Å². The number of nitrogens with zero attached hydrogens (tertiary/aromatic N) is 6. The van der Waals surface area contributed by atoms with Gasteiger partial charge in [-0.25, -0.2) is 4.98 Å². The third-order valence-corrected chi connectivity index (χ3v) is 4.52. The van der Waals surface area contributed by atoms with Gasteiger partial charge in [0.25, 0.3) is 0 Å². The van der Waals surface area contributed by atoms with Gasteiger partial charge in [-0.3, -0.25) is 0 Å². The van der Waals surface area contributed by atoms with E-state index in [0.29, 0.717) is 5.56 Å². The van der Waals surface area contributed by atoms with Crippen molar-refractivity contribution >= 4 is 11.6 Å². The Labute approximate surface area is 152 Å². The molecule has 4 rings (SSSR count). The Kier molecular flexibility index (Phi) is 4.44. The molecule has 1 aliphatic heterocycles. The Bertz CT molecular complexity index is 892. The Morgan fingerprint density at radius 3 is 2.04 bits per heavy atom. The maximum Gasteiger partial charge on any atom is 0.151 e. The third kappa shape index (κ3) is 3.33. The molecule has 0 aliphatic carbocycles. The minimum Gasteiger partial charge on any atom is -0.353 e. The van der Waals surface area contributed by atoms with Gasteiger partial charge in [-0.1, -0.05) is 30.3 Å². The lowest BCUT2D eigenvalue weighted by molar-refractivity contribution is 0.638. The first kappa shape index (κ1) is 16.0. The molecule has 6 nitrogen and oxygen atoms in total. The van der Waals surface area contributed by atoms with E-state index in [4.69, 9.17) is 5.26 Å². The lowest BCUT2D eigenvalue weighted by atomic mass is 10.1. The summed E-state index contributed by atoms with van der Waals surface area (Å²) in [5.41, 5.74) is 2.54. The van der Waals surface area contributed by atoms with Gasteiger partial charge in [0.1, 0.15) is 11.9 Å². The number of rotatable bonds is 3. The smallest absolute Gasteiger partial charge is 0.151 e. The molecule has 6 heteroatoms. The lowest BCUT2D eigenvalue weighted by Gasteiger charge is -2.35. The van der Waals surface area contributed by atoms with Gasteiger partial charge in [0.05, 0.1) is 11.3 Å². The molecule has 0 atom stereocenters. The van der Waals surface area contributed by atoms with Crippen LogP contribution in [0.3, 0.4) is 0 Å². The molecule has 0 unspecified atom stereocenters. The molecule has 0 bridgehead atoms. The van der Waals surface area contributed by atoms with E-state index in [1.165, 1.54) is 0 Å². The van der Waals surface area contributed by atoms with Crippen molar-refractivity contribution in [3.05, 3.63) is 66.4 Å². The van der Waals surface area contributed by atoms with Crippen molar-refractivity contribution in [1.82, 2.24) is 15.2 Å². The number of anilines is 2. The van der Waals surface area contributed by atoms with E-state index in [9.17, 15) is 0 Å². The molecular weight excluding hydrogens is 324 g/mol. The Morgan fingerprint density at radius 1 is 0.769 bits per heavy atom. The van der Waals surface area contributed by atoms with Crippen LogP contribution in [0.25, 0.3) is 11.3 Å². The summed E-state index contributed by atoms with van der Waals surface area (Å²) in [6.45, 7) is 3.45. The van der Waals surface area contributed by atoms with Gasteiger partial charge in [-0.05, 0) is 24.3 Å². The fraction of sp³-hybridized carbons (Fsp3) is 0.200. The molecule has 1 aliphatic rings. The zero-order valence-corrected chi connectivity index (χ0v) is 14.3.